The molecule has 0 unspecified atom stereocenters. The van der Waals surface area contributed by atoms with Crippen LogP contribution in [-0.2, 0) is 0 Å². The molecule has 0 aliphatic rings. The lowest BCUT2D eigenvalue weighted by atomic mass is 10.2. The standard InChI is InChI=1S/C21H20IN3O3/c1-13-10-16(14(2)25(13)17-5-7-18(26)8-6-17)12-23-24-21(27)15-4-9-19(22)20(11-15)28-3/h4-12,26H,1-3H3,(H,24,27)/b23-12-. The number of phenolic OH excluding ortho intramolecular Hbond substituents is 1. The number of amides is 1. The number of methoxy groups -OCH3 is 1. The Balaban J connectivity index is 1.77. The molecule has 0 saturated carbocycles. The Labute approximate surface area is 177 Å². The number of nitrogens with zero attached hydrogens (tertiary/aromatic N) is 2. The second kappa shape index (κ2) is 8.47. The smallest absolute Gasteiger partial charge is 0.271 e. The van der Waals surface area contributed by atoms with Crippen LogP contribution >= 0.6 is 22.6 Å². The van der Waals surface area contributed by atoms with E-state index in [1.54, 1.807) is 37.6 Å². The van der Waals surface area contributed by atoms with E-state index in [2.05, 4.69) is 37.7 Å². The molecule has 0 atom stereocenters. The summed E-state index contributed by atoms with van der Waals surface area (Å²) in [6.07, 6.45) is 1.63. The summed E-state index contributed by atoms with van der Waals surface area (Å²) in [4.78, 5) is 12.3. The molecule has 0 radical (unpaired) electrons. The molecule has 3 aromatic rings. The third-order valence-electron chi connectivity index (χ3n) is 4.36. The highest BCUT2D eigenvalue weighted by Crippen LogP contribution is 2.22. The van der Waals surface area contributed by atoms with E-state index < -0.39 is 0 Å². The highest BCUT2D eigenvalue weighted by atomic mass is 127. The first-order chi connectivity index (χ1) is 13.4. The Hall–Kier alpha value is -2.81. The number of halogens is 1. The Bertz CT molecular complexity index is 1040. The summed E-state index contributed by atoms with van der Waals surface area (Å²) in [5.41, 5.74) is 6.88. The molecule has 0 bridgehead atoms. The summed E-state index contributed by atoms with van der Waals surface area (Å²) in [6.45, 7) is 3.97. The van der Waals surface area contributed by atoms with E-state index in [1.807, 2.05) is 38.1 Å². The number of aromatic nitrogens is 1. The number of aryl methyl sites for hydroxylation is 1. The van der Waals surface area contributed by atoms with Gasteiger partial charge in [-0.15, -0.1) is 0 Å². The largest absolute Gasteiger partial charge is 0.508 e. The van der Waals surface area contributed by atoms with Gasteiger partial charge in [-0.05, 0) is 85.0 Å². The van der Waals surface area contributed by atoms with E-state index >= 15 is 0 Å². The molecule has 7 heteroatoms. The normalized spacial score (nSPS) is 11.0. The van der Waals surface area contributed by atoms with Crippen LogP contribution in [-0.4, -0.2) is 28.9 Å². The molecule has 144 valence electrons. The number of hydrogen-bond acceptors (Lipinski definition) is 4. The van der Waals surface area contributed by atoms with Gasteiger partial charge in [-0.3, -0.25) is 4.79 Å². The summed E-state index contributed by atoms with van der Waals surface area (Å²) in [7, 11) is 1.57. The van der Waals surface area contributed by atoms with Crippen LogP contribution in [0.1, 0.15) is 27.3 Å². The minimum absolute atomic E-state index is 0.225. The van der Waals surface area contributed by atoms with Crippen LogP contribution in [0, 0.1) is 17.4 Å². The summed E-state index contributed by atoms with van der Waals surface area (Å²) in [5.74, 6) is 0.566. The minimum Gasteiger partial charge on any atom is -0.508 e. The number of rotatable bonds is 5. The van der Waals surface area contributed by atoms with Crippen molar-refractivity contribution in [2.24, 2.45) is 5.10 Å². The fourth-order valence-corrected chi connectivity index (χ4v) is 3.50. The van der Waals surface area contributed by atoms with Gasteiger partial charge in [0.05, 0.1) is 16.9 Å². The second-order valence-electron chi connectivity index (χ2n) is 6.23. The van der Waals surface area contributed by atoms with Crippen molar-refractivity contribution in [3.8, 4) is 17.2 Å². The maximum atomic E-state index is 12.3. The number of carbonyl (C=O) groups is 1. The highest BCUT2D eigenvalue weighted by Gasteiger charge is 2.11. The molecule has 0 fully saturated rings. The number of hydrazone groups is 1. The quantitative estimate of drug-likeness (QED) is 0.321. The van der Waals surface area contributed by atoms with Gasteiger partial charge in [0.15, 0.2) is 0 Å². The first-order valence-corrected chi connectivity index (χ1v) is 9.64. The summed E-state index contributed by atoms with van der Waals surface area (Å²) >= 11 is 2.15. The van der Waals surface area contributed by atoms with Gasteiger partial charge < -0.3 is 14.4 Å². The van der Waals surface area contributed by atoms with Gasteiger partial charge in [-0.2, -0.15) is 5.10 Å². The zero-order chi connectivity index (χ0) is 20.3. The number of hydrogen-bond donors (Lipinski definition) is 2. The van der Waals surface area contributed by atoms with Crippen LogP contribution in [0.3, 0.4) is 0 Å². The Kier molecular flexibility index (Phi) is 6.03. The lowest BCUT2D eigenvalue weighted by molar-refractivity contribution is 0.0954. The van der Waals surface area contributed by atoms with Crippen LogP contribution in [0.2, 0.25) is 0 Å². The molecule has 6 nitrogen and oxygen atoms in total. The number of phenols is 1. The topological polar surface area (TPSA) is 75.8 Å². The molecule has 0 saturated heterocycles. The van der Waals surface area contributed by atoms with Crippen LogP contribution in [0.4, 0.5) is 0 Å². The first-order valence-electron chi connectivity index (χ1n) is 8.56. The van der Waals surface area contributed by atoms with Gasteiger partial charge in [0.2, 0.25) is 0 Å². The Morgan fingerprint density at radius 2 is 1.89 bits per heavy atom. The van der Waals surface area contributed by atoms with Gasteiger partial charge in [0.25, 0.3) is 5.91 Å². The monoisotopic (exact) mass is 489 g/mol. The lowest BCUT2D eigenvalue weighted by Crippen LogP contribution is -2.17. The van der Waals surface area contributed by atoms with Crippen LogP contribution in [0.25, 0.3) is 5.69 Å². The minimum atomic E-state index is -0.307. The molecule has 0 aliphatic heterocycles. The van der Waals surface area contributed by atoms with Gasteiger partial charge in [0, 0.05) is 28.2 Å². The van der Waals surface area contributed by atoms with E-state index in [1.165, 1.54) is 0 Å². The van der Waals surface area contributed by atoms with Crippen molar-refractivity contribution in [1.29, 1.82) is 0 Å². The van der Waals surface area contributed by atoms with E-state index in [0.29, 0.717) is 11.3 Å². The third kappa shape index (κ3) is 4.19. The van der Waals surface area contributed by atoms with Crippen molar-refractivity contribution in [3.63, 3.8) is 0 Å². The molecule has 2 N–H and O–H groups in total. The van der Waals surface area contributed by atoms with Crippen LogP contribution in [0.15, 0.2) is 53.6 Å². The molecule has 0 spiro atoms. The Morgan fingerprint density at radius 3 is 2.57 bits per heavy atom. The van der Waals surface area contributed by atoms with Gasteiger partial charge in [0.1, 0.15) is 11.5 Å². The van der Waals surface area contributed by atoms with Crippen molar-refractivity contribution in [2.75, 3.05) is 7.11 Å². The highest BCUT2D eigenvalue weighted by molar-refractivity contribution is 14.1. The number of aromatic hydroxyl groups is 1. The predicted molar refractivity (Wildman–Crippen MR) is 118 cm³/mol. The van der Waals surface area contributed by atoms with Gasteiger partial charge >= 0.3 is 0 Å². The zero-order valence-corrected chi connectivity index (χ0v) is 17.9. The number of benzene rings is 2. The molecule has 1 aromatic heterocycles. The summed E-state index contributed by atoms with van der Waals surface area (Å²) in [5, 5.41) is 13.6. The van der Waals surface area contributed by atoms with Crippen molar-refractivity contribution in [3.05, 3.63) is 74.6 Å². The molecule has 3 rings (SSSR count). The summed E-state index contributed by atoms with van der Waals surface area (Å²) < 4.78 is 8.24. The number of ether oxygens (including phenoxy) is 1. The predicted octanol–water partition coefficient (Wildman–Crippen LogP) is 4.18. The Morgan fingerprint density at radius 1 is 1.18 bits per heavy atom. The molecular formula is C21H20IN3O3. The van der Waals surface area contributed by atoms with Crippen molar-refractivity contribution in [1.82, 2.24) is 9.99 Å². The maximum absolute atomic E-state index is 12.3. The van der Waals surface area contributed by atoms with Crippen molar-refractivity contribution < 1.29 is 14.6 Å². The molecule has 2 aromatic carbocycles. The van der Waals surface area contributed by atoms with Crippen LogP contribution in [0.5, 0.6) is 11.5 Å². The molecule has 1 heterocycles. The molecule has 28 heavy (non-hydrogen) atoms. The molecule has 0 aliphatic carbocycles. The number of nitrogens with one attached hydrogen (secondary N) is 1. The molecular weight excluding hydrogens is 469 g/mol. The third-order valence-corrected chi connectivity index (χ3v) is 5.25. The maximum Gasteiger partial charge on any atom is 0.271 e. The van der Waals surface area contributed by atoms with E-state index in [4.69, 9.17) is 4.74 Å². The van der Waals surface area contributed by atoms with E-state index in [-0.39, 0.29) is 11.7 Å². The summed E-state index contributed by atoms with van der Waals surface area (Å²) in [6, 6.07) is 14.2. The van der Waals surface area contributed by atoms with Gasteiger partial charge in [-0.1, -0.05) is 0 Å². The zero-order valence-electron chi connectivity index (χ0n) is 15.7. The SMILES string of the molecule is COc1cc(C(=O)N/N=C\c2cc(C)n(-c3ccc(O)cc3)c2C)ccc1I. The average Bonchev–Trinajstić information content (AvgIpc) is 2.96. The van der Waals surface area contributed by atoms with Crippen LogP contribution < -0.4 is 10.2 Å². The van der Waals surface area contributed by atoms with Gasteiger partial charge in [-0.25, -0.2) is 5.43 Å². The lowest BCUT2D eigenvalue weighted by Gasteiger charge is -2.09. The fraction of sp³-hybridized carbons (Fsp3) is 0.143. The van der Waals surface area contributed by atoms with Crippen molar-refractivity contribution in [2.45, 2.75) is 13.8 Å². The average molecular weight is 489 g/mol. The van der Waals surface area contributed by atoms with E-state index in [0.717, 1.165) is 26.2 Å². The molecule has 1 amide bonds. The first kappa shape index (κ1) is 19.9. The fourth-order valence-electron chi connectivity index (χ4n) is 2.94. The number of carbonyl (C=O) groups excluding carboxylic acids is 1. The second-order valence-corrected chi connectivity index (χ2v) is 7.39. The van der Waals surface area contributed by atoms with Crippen molar-refractivity contribution >= 4 is 34.7 Å². The van der Waals surface area contributed by atoms with E-state index in [9.17, 15) is 9.90 Å².